The Hall–Kier alpha value is -2.78. The van der Waals surface area contributed by atoms with E-state index in [0.29, 0.717) is 28.2 Å². The number of nitrogens with zero attached hydrogens (tertiary/aromatic N) is 3. The Labute approximate surface area is 177 Å². The fraction of sp³-hybridized carbons (Fsp3) is 0.263. The maximum absolute atomic E-state index is 12.3. The summed E-state index contributed by atoms with van der Waals surface area (Å²) in [5.41, 5.74) is 1.61. The van der Waals surface area contributed by atoms with Crippen LogP contribution in [0.5, 0.6) is 0 Å². The highest BCUT2D eigenvalue weighted by atomic mass is 35.5. The molecule has 0 saturated carbocycles. The zero-order valence-corrected chi connectivity index (χ0v) is 17.5. The van der Waals surface area contributed by atoms with Gasteiger partial charge < -0.3 is 19.6 Å². The predicted octanol–water partition coefficient (Wildman–Crippen LogP) is 3.51. The van der Waals surface area contributed by atoms with E-state index in [1.54, 1.807) is 24.3 Å². The largest absolute Gasteiger partial charge is 0.459 e. The quantitative estimate of drug-likeness (QED) is 0.527. The molecule has 0 atom stereocenters. The number of carbonyl (C=O) groups is 2. The standard InChI is InChI=1S/C19H20ClN5O3S/c1-3-25-16(10-21-18(27)15-5-4-8-28-15)23-24-19(25)29-11-17(26)22-14-9-13(20)7-6-12(14)2/h4-9H,3,10-11H2,1-2H3,(H,21,27)(H,22,26). The zero-order valence-electron chi connectivity index (χ0n) is 15.9. The highest BCUT2D eigenvalue weighted by molar-refractivity contribution is 7.99. The topological polar surface area (TPSA) is 102 Å². The summed E-state index contributed by atoms with van der Waals surface area (Å²) in [5.74, 6) is 0.504. The first-order valence-corrected chi connectivity index (χ1v) is 10.3. The highest BCUT2D eigenvalue weighted by Gasteiger charge is 2.15. The summed E-state index contributed by atoms with van der Waals surface area (Å²) in [6.07, 6.45) is 1.44. The smallest absolute Gasteiger partial charge is 0.287 e. The van der Waals surface area contributed by atoms with Crippen LogP contribution in [0.15, 0.2) is 46.2 Å². The third-order valence-electron chi connectivity index (χ3n) is 4.07. The molecule has 0 aliphatic rings. The molecule has 152 valence electrons. The van der Waals surface area contributed by atoms with Gasteiger partial charge in [0.1, 0.15) is 0 Å². The maximum Gasteiger partial charge on any atom is 0.287 e. The number of furan rings is 1. The molecule has 29 heavy (non-hydrogen) atoms. The summed E-state index contributed by atoms with van der Waals surface area (Å²) in [6, 6.07) is 8.57. The number of aryl methyl sites for hydroxylation is 1. The average Bonchev–Trinajstić information content (AvgIpc) is 3.37. The Morgan fingerprint density at radius 3 is 2.83 bits per heavy atom. The molecule has 0 bridgehead atoms. The molecular weight excluding hydrogens is 414 g/mol. The Balaban J connectivity index is 1.57. The number of nitrogens with one attached hydrogen (secondary N) is 2. The van der Waals surface area contributed by atoms with E-state index < -0.39 is 0 Å². The van der Waals surface area contributed by atoms with Gasteiger partial charge in [0, 0.05) is 17.3 Å². The molecule has 0 saturated heterocycles. The lowest BCUT2D eigenvalue weighted by Crippen LogP contribution is -2.24. The van der Waals surface area contributed by atoms with Crippen molar-refractivity contribution < 1.29 is 14.0 Å². The van der Waals surface area contributed by atoms with Crippen molar-refractivity contribution in [2.45, 2.75) is 32.1 Å². The number of anilines is 1. The molecule has 0 aliphatic carbocycles. The number of rotatable bonds is 8. The van der Waals surface area contributed by atoms with E-state index in [9.17, 15) is 9.59 Å². The molecule has 2 amide bonds. The van der Waals surface area contributed by atoms with Crippen LogP contribution in [0.4, 0.5) is 5.69 Å². The van der Waals surface area contributed by atoms with Gasteiger partial charge in [-0.15, -0.1) is 10.2 Å². The number of amides is 2. The molecule has 3 aromatic rings. The Kier molecular flexibility index (Phi) is 6.95. The molecule has 0 spiro atoms. The van der Waals surface area contributed by atoms with Crippen LogP contribution in [0.1, 0.15) is 28.9 Å². The van der Waals surface area contributed by atoms with Crippen LogP contribution in [0.25, 0.3) is 0 Å². The van der Waals surface area contributed by atoms with Crippen molar-refractivity contribution in [2.24, 2.45) is 0 Å². The molecule has 1 aromatic carbocycles. The number of carbonyl (C=O) groups excluding carboxylic acids is 2. The van der Waals surface area contributed by atoms with Crippen LogP contribution in [0, 0.1) is 6.92 Å². The predicted molar refractivity (Wildman–Crippen MR) is 111 cm³/mol. The third-order valence-corrected chi connectivity index (χ3v) is 5.27. The molecule has 0 radical (unpaired) electrons. The van der Waals surface area contributed by atoms with E-state index >= 15 is 0 Å². The SMILES string of the molecule is CCn1c(CNC(=O)c2ccco2)nnc1SCC(=O)Nc1cc(Cl)ccc1C. The number of thioether (sulfide) groups is 1. The van der Waals surface area contributed by atoms with E-state index in [1.807, 2.05) is 24.5 Å². The first-order chi connectivity index (χ1) is 14.0. The number of aromatic nitrogens is 3. The van der Waals surface area contributed by atoms with E-state index in [1.165, 1.54) is 18.0 Å². The molecule has 0 aliphatic heterocycles. The van der Waals surface area contributed by atoms with Crippen LogP contribution in [0.2, 0.25) is 5.02 Å². The molecule has 8 nitrogen and oxygen atoms in total. The summed E-state index contributed by atoms with van der Waals surface area (Å²) in [5, 5.41) is 15.0. The Morgan fingerprint density at radius 2 is 2.10 bits per heavy atom. The van der Waals surface area contributed by atoms with Crippen LogP contribution >= 0.6 is 23.4 Å². The van der Waals surface area contributed by atoms with E-state index in [-0.39, 0.29) is 29.9 Å². The second-order valence-corrected chi connectivity index (χ2v) is 7.48. The fourth-order valence-corrected chi connectivity index (χ4v) is 3.57. The lowest BCUT2D eigenvalue weighted by Gasteiger charge is -2.10. The Morgan fingerprint density at radius 1 is 1.28 bits per heavy atom. The lowest BCUT2D eigenvalue weighted by molar-refractivity contribution is -0.113. The van der Waals surface area contributed by atoms with E-state index in [2.05, 4.69) is 20.8 Å². The van der Waals surface area contributed by atoms with Crippen LogP contribution in [0.3, 0.4) is 0 Å². The molecule has 3 rings (SSSR count). The van der Waals surface area contributed by atoms with Gasteiger partial charge in [0.25, 0.3) is 5.91 Å². The van der Waals surface area contributed by atoms with Crippen molar-refractivity contribution in [3.05, 3.63) is 58.8 Å². The number of benzene rings is 1. The molecular formula is C19H20ClN5O3S. The molecule has 10 heteroatoms. The highest BCUT2D eigenvalue weighted by Crippen LogP contribution is 2.22. The first kappa shape index (κ1) is 20.9. The van der Waals surface area contributed by atoms with Crippen molar-refractivity contribution in [1.82, 2.24) is 20.1 Å². The van der Waals surface area contributed by atoms with Crippen molar-refractivity contribution in [2.75, 3.05) is 11.1 Å². The van der Waals surface area contributed by atoms with Crippen molar-refractivity contribution in [3.8, 4) is 0 Å². The maximum atomic E-state index is 12.3. The molecule has 2 heterocycles. The van der Waals surface area contributed by atoms with Crippen molar-refractivity contribution >= 4 is 40.9 Å². The van der Waals surface area contributed by atoms with Gasteiger partial charge >= 0.3 is 0 Å². The summed E-state index contributed by atoms with van der Waals surface area (Å²) in [7, 11) is 0. The first-order valence-electron chi connectivity index (χ1n) is 8.90. The molecule has 2 aromatic heterocycles. The van der Waals surface area contributed by atoms with Crippen LogP contribution < -0.4 is 10.6 Å². The van der Waals surface area contributed by atoms with Gasteiger partial charge in [-0.1, -0.05) is 29.4 Å². The number of hydrogen-bond donors (Lipinski definition) is 2. The van der Waals surface area contributed by atoms with Gasteiger partial charge in [0.05, 0.1) is 18.6 Å². The average molecular weight is 434 g/mol. The van der Waals surface area contributed by atoms with Crippen LogP contribution in [-0.2, 0) is 17.9 Å². The fourth-order valence-electron chi connectivity index (χ4n) is 2.57. The molecule has 0 fully saturated rings. The minimum atomic E-state index is -0.328. The van der Waals surface area contributed by atoms with Crippen LogP contribution in [-0.4, -0.2) is 32.3 Å². The molecule has 0 unspecified atom stereocenters. The summed E-state index contributed by atoms with van der Waals surface area (Å²) >= 11 is 7.26. The van der Waals surface area contributed by atoms with Crippen molar-refractivity contribution in [3.63, 3.8) is 0 Å². The zero-order chi connectivity index (χ0) is 20.8. The van der Waals surface area contributed by atoms with Gasteiger partial charge in [-0.05, 0) is 43.7 Å². The van der Waals surface area contributed by atoms with Gasteiger partial charge in [-0.2, -0.15) is 0 Å². The molecule has 2 N–H and O–H groups in total. The summed E-state index contributed by atoms with van der Waals surface area (Å²) < 4.78 is 6.92. The number of halogens is 1. The lowest BCUT2D eigenvalue weighted by atomic mass is 10.2. The second-order valence-electron chi connectivity index (χ2n) is 6.10. The minimum Gasteiger partial charge on any atom is -0.459 e. The monoisotopic (exact) mass is 433 g/mol. The minimum absolute atomic E-state index is 0.168. The van der Waals surface area contributed by atoms with Gasteiger partial charge in [0.15, 0.2) is 16.7 Å². The summed E-state index contributed by atoms with van der Waals surface area (Å²) in [4.78, 5) is 24.3. The summed E-state index contributed by atoms with van der Waals surface area (Å²) in [6.45, 7) is 4.65. The van der Waals surface area contributed by atoms with Gasteiger partial charge in [0.2, 0.25) is 5.91 Å². The van der Waals surface area contributed by atoms with Gasteiger partial charge in [-0.25, -0.2) is 0 Å². The van der Waals surface area contributed by atoms with E-state index in [4.69, 9.17) is 16.0 Å². The van der Waals surface area contributed by atoms with E-state index in [0.717, 1.165) is 5.56 Å². The van der Waals surface area contributed by atoms with Crippen molar-refractivity contribution in [1.29, 1.82) is 0 Å². The Bertz CT molecular complexity index is 1000. The van der Waals surface area contributed by atoms with Gasteiger partial charge in [-0.3, -0.25) is 9.59 Å². The second kappa shape index (κ2) is 9.62. The third kappa shape index (κ3) is 5.39. The normalized spacial score (nSPS) is 10.7. The number of hydrogen-bond acceptors (Lipinski definition) is 6.